The molecule has 2 rings (SSSR count). The maximum Gasteiger partial charge on any atom is 0.270 e. The lowest BCUT2D eigenvalue weighted by molar-refractivity contribution is -0.140. The fourth-order valence-corrected chi connectivity index (χ4v) is 3.87. The normalized spacial score (nSPS) is 21.4. The van der Waals surface area contributed by atoms with E-state index in [0.717, 1.165) is 12.8 Å². The zero-order valence-corrected chi connectivity index (χ0v) is 14.3. The molecule has 1 aliphatic rings. The number of carbonyl (C=O) groups is 1. The van der Waals surface area contributed by atoms with E-state index in [0.29, 0.717) is 18.6 Å². The molecule has 0 aliphatic carbocycles. The Kier molecular flexibility index (Phi) is 5.78. The van der Waals surface area contributed by atoms with Crippen LogP contribution in [0.1, 0.15) is 31.7 Å². The monoisotopic (exact) mass is 341 g/mol. The fraction of sp³-hybridized carbons (Fsp3) is 0.562. The zero-order valence-electron chi connectivity index (χ0n) is 13.4. The van der Waals surface area contributed by atoms with E-state index < -0.39 is 21.5 Å². The van der Waals surface area contributed by atoms with Crippen LogP contribution in [0.3, 0.4) is 0 Å². The molecule has 0 unspecified atom stereocenters. The van der Waals surface area contributed by atoms with Crippen LogP contribution in [0.15, 0.2) is 30.3 Å². The summed E-state index contributed by atoms with van der Waals surface area (Å²) in [5.74, 6) is -0.921. The van der Waals surface area contributed by atoms with Crippen molar-refractivity contribution in [3.63, 3.8) is 0 Å². The first kappa shape index (κ1) is 17.9. The summed E-state index contributed by atoms with van der Waals surface area (Å²) < 4.78 is 37.3. The number of hydrogen-bond donors (Lipinski definition) is 1. The summed E-state index contributed by atoms with van der Waals surface area (Å²) in [5, 5.41) is 0. The van der Waals surface area contributed by atoms with Crippen molar-refractivity contribution >= 4 is 15.9 Å². The first-order chi connectivity index (χ1) is 10.9. The molecule has 1 fully saturated rings. The lowest BCUT2D eigenvalue weighted by atomic mass is 9.95. The van der Waals surface area contributed by atoms with Gasteiger partial charge < -0.3 is 9.47 Å². The molecule has 1 saturated heterocycles. The average Bonchev–Trinajstić information content (AvgIpc) is 2.54. The zero-order chi connectivity index (χ0) is 16.9. The van der Waals surface area contributed by atoms with E-state index in [1.54, 1.807) is 31.2 Å². The summed E-state index contributed by atoms with van der Waals surface area (Å²) in [7, 11) is -2.41. The molecule has 128 valence electrons. The third-order valence-corrected chi connectivity index (χ3v) is 5.40. The lowest BCUT2D eigenvalue weighted by Crippen LogP contribution is -2.48. The molecule has 1 N–H and O–H groups in total. The summed E-state index contributed by atoms with van der Waals surface area (Å²) in [5.41, 5.74) is -0.786. The predicted molar refractivity (Wildman–Crippen MR) is 86.3 cm³/mol. The molecule has 0 aromatic heterocycles. The largest absolute Gasteiger partial charge is 0.377 e. The fourth-order valence-electron chi connectivity index (χ4n) is 2.56. The number of nitrogens with one attached hydrogen (secondary N) is 1. The number of ether oxygens (including phenoxy) is 2. The Morgan fingerprint density at radius 2 is 2.04 bits per heavy atom. The maximum absolute atomic E-state index is 12.5. The van der Waals surface area contributed by atoms with Crippen LogP contribution < -0.4 is 4.72 Å². The van der Waals surface area contributed by atoms with Gasteiger partial charge in [-0.2, -0.15) is 0 Å². The van der Waals surface area contributed by atoms with Gasteiger partial charge in [-0.25, -0.2) is 8.42 Å². The Hall–Kier alpha value is -1.44. The summed E-state index contributed by atoms with van der Waals surface area (Å²) in [6.07, 6.45) is 2.21. The first-order valence-corrected chi connectivity index (χ1v) is 9.30. The summed E-state index contributed by atoms with van der Waals surface area (Å²) in [4.78, 5) is 12.5. The Labute approximate surface area is 137 Å². The Morgan fingerprint density at radius 1 is 1.35 bits per heavy atom. The molecule has 23 heavy (non-hydrogen) atoms. The van der Waals surface area contributed by atoms with Crippen molar-refractivity contribution in [2.45, 2.75) is 37.9 Å². The topological polar surface area (TPSA) is 81.7 Å². The van der Waals surface area contributed by atoms with Gasteiger partial charge in [-0.1, -0.05) is 30.3 Å². The molecule has 1 amide bonds. The number of sulfonamides is 1. The van der Waals surface area contributed by atoms with Gasteiger partial charge in [0.25, 0.3) is 5.91 Å². The van der Waals surface area contributed by atoms with Gasteiger partial charge in [-0.15, -0.1) is 0 Å². The SMILES string of the molecule is CO[C@@](C)(C(=O)NS(=O)(=O)C[C@H]1CCCCO1)c1ccccc1. The van der Waals surface area contributed by atoms with Crippen molar-refractivity contribution in [2.75, 3.05) is 19.5 Å². The lowest BCUT2D eigenvalue weighted by Gasteiger charge is -2.28. The number of hydrogen-bond acceptors (Lipinski definition) is 5. The molecule has 1 heterocycles. The van der Waals surface area contributed by atoms with E-state index in [1.807, 2.05) is 6.07 Å². The van der Waals surface area contributed by atoms with Crippen LogP contribution in [0.5, 0.6) is 0 Å². The molecule has 6 nitrogen and oxygen atoms in total. The number of methoxy groups -OCH3 is 1. The molecule has 0 bridgehead atoms. The van der Waals surface area contributed by atoms with Crippen molar-refractivity contribution in [1.82, 2.24) is 4.72 Å². The van der Waals surface area contributed by atoms with Gasteiger partial charge in [0.1, 0.15) is 0 Å². The van der Waals surface area contributed by atoms with E-state index in [4.69, 9.17) is 9.47 Å². The molecule has 1 aliphatic heterocycles. The van der Waals surface area contributed by atoms with Gasteiger partial charge in [0.15, 0.2) is 5.60 Å². The quantitative estimate of drug-likeness (QED) is 0.849. The van der Waals surface area contributed by atoms with Crippen LogP contribution in [0.2, 0.25) is 0 Å². The van der Waals surface area contributed by atoms with Crippen LogP contribution >= 0.6 is 0 Å². The highest BCUT2D eigenvalue weighted by molar-refractivity contribution is 7.90. The van der Waals surface area contributed by atoms with E-state index in [-0.39, 0.29) is 11.9 Å². The van der Waals surface area contributed by atoms with Gasteiger partial charge in [0.05, 0.1) is 11.9 Å². The van der Waals surface area contributed by atoms with E-state index in [2.05, 4.69) is 4.72 Å². The predicted octanol–water partition coefficient (Wildman–Crippen LogP) is 1.56. The summed E-state index contributed by atoms with van der Waals surface area (Å²) in [6, 6.07) is 8.79. The highest BCUT2D eigenvalue weighted by Crippen LogP contribution is 2.25. The molecule has 7 heteroatoms. The summed E-state index contributed by atoms with van der Waals surface area (Å²) >= 11 is 0. The molecule has 1 aromatic carbocycles. The van der Waals surface area contributed by atoms with Gasteiger partial charge in [0, 0.05) is 13.7 Å². The van der Waals surface area contributed by atoms with Crippen molar-refractivity contribution in [2.24, 2.45) is 0 Å². The Morgan fingerprint density at radius 3 is 2.61 bits per heavy atom. The molecule has 2 atom stereocenters. The Bertz CT molecular complexity index is 625. The second-order valence-corrected chi connectivity index (χ2v) is 7.57. The molecular formula is C16H23NO5S. The van der Waals surface area contributed by atoms with E-state index in [9.17, 15) is 13.2 Å². The minimum absolute atomic E-state index is 0.215. The van der Waals surface area contributed by atoms with Crippen molar-refractivity contribution in [3.8, 4) is 0 Å². The van der Waals surface area contributed by atoms with Crippen molar-refractivity contribution in [3.05, 3.63) is 35.9 Å². The second kappa shape index (κ2) is 7.42. The molecule has 0 saturated carbocycles. The Balaban J connectivity index is 2.09. The number of amides is 1. The molecule has 0 radical (unpaired) electrons. The average molecular weight is 341 g/mol. The van der Waals surface area contributed by atoms with Gasteiger partial charge in [-0.3, -0.25) is 9.52 Å². The van der Waals surface area contributed by atoms with Crippen LogP contribution in [0.25, 0.3) is 0 Å². The number of rotatable bonds is 6. The smallest absolute Gasteiger partial charge is 0.270 e. The minimum atomic E-state index is -3.79. The molecule has 0 spiro atoms. The standard InChI is InChI=1S/C16H23NO5S/c1-16(21-2,13-8-4-3-5-9-13)15(18)17-23(19,20)12-14-10-6-7-11-22-14/h3-5,8-9,14H,6-7,10-12H2,1-2H3,(H,17,18)/t14-,16-/m1/s1. The highest BCUT2D eigenvalue weighted by Gasteiger charge is 2.38. The van der Waals surface area contributed by atoms with E-state index >= 15 is 0 Å². The van der Waals surface area contributed by atoms with Crippen LogP contribution in [-0.2, 0) is 29.9 Å². The summed E-state index contributed by atoms with van der Waals surface area (Å²) in [6.45, 7) is 2.11. The maximum atomic E-state index is 12.5. The third kappa shape index (κ3) is 4.53. The van der Waals surface area contributed by atoms with Crippen molar-refractivity contribution in [1.29, 1.82) is 0 Å². The van der Waals surface area contributed by atoms with Crippen LogP contribution in [-0.4, -0.2) is 39.9 Å². The molecular weight excluding hydrogens is 318 g/mol. The highest BCUT2D eigenvalue weighted by atomic mass is 32.2. The first-order valence-electron chi connectivity index (χ1n) is 7.64. The second-order valence-electron chi connectivity index (χ2n) is 5.80. The van der Waals surface area contributed by atoms with Gasteiger partial charge in [0.2, 0.25) is 10.0 Å². The van der Waals surface area contributed by atoms with Crippen LogP contribution in [0.4, 0.5) is 0 Å². The van der Waals surface area contributed by atoms with Crippen LogP contribution in [0, 0.1) is 0 Å². The van der Waals surface area contributed by atoms with Gasteiger partial charge >= 0.3 is 0 Å². The van der Waals surface area contributed by atoms with Crippen molar-refractivity contribution < 1.29 is 22.7 Å². The number of carbonyl (C=O) groups excluding carboxylic acids is 1. The minimum Gasteiger partial charge on any atom is -0.377 e. The van der Waals surface area contributed by atoms with E-state index in [1.165, 1.54) is 7.11 Å². The van der Waals surface area contributed by atoms with Gasteiger partial charge in [-0.05, 0) is 31.7 Å². The third-order valence-electron chi connectivity index (χ3n) is 4.09. The molecule has 1 aromatic rings. The number of benzene rings is 1.